The largest absolute Gasteiger partial charge is 0.334 e. The number of nitrogens with zero attached hydrogens (tertiary/aromatic N) is 2. The van der Waals surface area contributed by atoms with Crippen LogP contribution in [0.2, 0.25) is 0 Å². The molecule has 2 unspecified atom stereocenters. The van der Waals surface area contributed by atoms with Crippen LogP contribution in [0.3, 0.4) is 0 Å². The molecule has 2 amide bonds. The molecule has 2 N–H and O–H groups in total. The highest BCUT2D eigenvalue weighted by Gasteiger charge is 2.30. The molecular formula is C18H25N3O2. The summed E-state index contributed by atoms with van der Waals surface area (Å²) in [6.07, 6.45) is 3.47. The highest BCUT2D eigenvalue weighted by Crippen LogP contribution is 2.26. The molecule has 0 spiro atoms. The van der Waals surface area contributed by atoms with Crippen LogP contribution in [0.5, 0.6) is 0 Å². The van der Waals surface area contributed by atoms with Crippen LogP contribution in [0, 0.1) is 5.92 Å². The molecule has 0 radical (unpaired) electrons. The third-order valence-corrected chi connectivity index (χ3v) is 4.99. The van der Waals surface area contributed by atoms with E-state index in [1.54, 1.807) is 4.90 Å². The molecule has 0 aliphatic carbocycles. The van der Waals surface area contributed by atoms with Gasteiger partial charge in [-0.3, -0.25) is 9.59 Å². The van der Waals surface area contributed by atoms with E-state index in [4.69, 9.17) is 5.73 Å². The van der Waals surface area contributed by atoms with E-state index in [1.165, 1.54) is 0 Å². The van der Waals surface area contributed by atoms with Gasteiger partial charge in [-0.2, -0.15) is 0 Å². The average Bonchev–Trinajstić information content (AvgIpc) is 3.00. The smallest absolute Gasteiger partial charge is 0.254 e. The lowest BCUT2D eigenvalue weighted by atomic mass is 9.92. The summed E-state index contributed by atoms with van der Waals surface area (Å²) in [5.41, 5.74) is 7.35. The summed E-state index contributed by atoms with van der Waals surface area (Å²) in [5.74, 6) is 0.781. The minimum atomic E-state index is 0.0286. The first kappa shape index (κ1) is 16.0. The predicted molar refractivity (Wildman–Crippen MR) is 90.3 cm³/mol. The van der Waals surface area contributed by atoms with Crippen LogP contribution in [-0.4, -0.2) is 42.4 Å². The molecule has 2 fully saturated rings. The first-order valence-electron chi connectivity index (χ1n) is 8.51. The summed E-state index contributed by atoms with van der Waals surface area (Å²) in [5, 5.41) is 0. The van der Waals surface area contributed by atoms with Gasteiger partial charge in [0.25, 0.3) is 5.91 Å². The van der Waals surface area contributed by atoms with Crippen LogP contribution in [0.25, 0.3) is 0 Å². The molecule has 5 nitrogen and oxygen atoms in total. The molecule has 3 rings (SSSR count). The van der Waals surface area contributed by atoms with E-state index < -0.39 is 0 Å². The maximum atomic E-state index is 12.9. The fourth-order valence-corrected chi connectivity index (χ4v) is 3.64. The second-order valence-corrected chi connectivity index (χ2v) is 6.72. The molecule has 0 saturated carbocycles. The molecule has 2 heterocycles. The summed E-state index contributed by atoms with van der Waals surface area (Å²) in [6.45, 7) is 4.21. The van der Waals surface area contributed by atoms with Gasteiger partial charge >= 0.3 is 0 Å². The first-order chi connectivity index (χ1) is 11.1. The summed E-state index contributed by atoms with van der Waals surface area (Å²) in [4.78, 5) is 28.5. The number of benzene rings is 1. The van der Waals surface area contributed by atoms with Gasteiger partial charge in [-0.25, -0.2) is 0 Å². The Morgan fingerprint density at radius 1 is 1.35 bits per heavy atom. The van der Waals surface area contributed by atoms with Gasteiger partial charge in [0.1, 0.15) is 0 Å². The molecule has 0 aromatic heterocycles. The van der Waals surface area contributed by atoms with E-state index in [0.717, 1.165) is 38.0 Å². The van der Waals surface area contributed by atoms with Gasteiger partial charge in [-0.15, -0.1) is 0 Å². The number of hydrogen-bond donors (Lipinski definition) is 1. The molecule has 1 aromatic carbocycles. The van der Waals surface area contributed by atoms with Gasteiger partial charge < -0.3 is 15.5 Å². The summed E-state index contributed by atoms with van der Waals surface area (Å²) in [7, 11) is 0. The van der Waals surface area contributed by atoms with E-state index in [0.29, 0.717) is 24.4 Å². The number of piperidine rings is 1. The Hall–Kier alpha value is -1.88. The van der Waals surface area contributed by atoms with Crippen LogP contribution in [0.1, 0.15) is 43.0 Å². The maximum Gasteiger partial charge on any atom is 0.254 e. The monoisotopic (exact) mass is 315 g/mol. The zero-order chi connectivity index (χ0) is 16.4. The van der Waals surface area contributed by atoms with Crippen molar-refractivity contribution >= 4 is 17.5 Å². The minimum Gasteiger partial charge on any atom is -0.334 e. The van der Waals surface area contributed by atoms with Crippen molar-refractivity contribution < 1.29 is 9.59 Å². The van der Waals surface area contributed by atoms with Crippen molar-refractivity contribution in [2.45, 2.75) is 38.6 Å². The minimum absolute atomic E-state index is 0.0286. The van der Waals surface area contributed by atoms with E-state index in [9.17, 15) is 9.59 Å². The van der Waals surface area contributed by atoms with Crippen LogP contribution in [0.4, 0.5) is 5.69 Å². The number of nitrogens with two attached hydrogens (primary N) is 1. The molecule has 124 valence electrons. The first-order valence-corrected chi connectivity index (χ1v) is 8.51. The molecule has 2 aliphatic heterocycles. The van der Waals surface area contributed by atoms with Crippen molar-refractivity contribution in [3.63, 3.8) is 0 Å². The normalized spacial score (nSPS) is 25.0. The van der Waals surface area contributed by atoms with Crippen LogP contribution in [0.15, 0.2) is 24.3 Å². The van der Waals surface area contributed by atoms with E-state index >= 15 is 0 Å². The lowest BCUT2D eigenvalue weighted by molar-refractivity contribution is -0.117. The fraction of sp³-hybridized carbons (Fsp3) is 0.556. The van der Waals surface area contributed by atoms with Gasteiger partial charge in [0.15, 0.2) is 0 Å². The number of carbonyl (C=O) groups is 2. The highest BCUT2D eigenvalue weighted by molar-refractivity contribution is 5.99. The Morgan fingerprint density at radius 3 is 2.87 bits per heavy atom. The summed E-state index contributed by atoms with van der Waals surface area (Å²) < 4.78 is 0. The SMILES string of the molecule is CC1CCN(C(=O)c2cccc(N3CCCC3=O)c2)C(CN)C1. The molecular weight excluding hydrogens is 290 g/mol. The van der Waals surface area contributed by atoms with E-state index in [1.807, 2.05) is 29.2 Å². The Bertz CT molecular complexity index is 602. The second kappa shape index (κ2) is 6.71. The summed E-state index contributed by atoms with van der Waals surface area (Å²) >= 11 is 0. The van der Waals surface area contributed by atoms with Crippen LogP contribution in [-0.2, 0) is 4.79 Å². The van der Waals surface area contributed by atoms with Crippen molar-refractivity contribution in [1.29, 1.82) is 0 Å². The second-order valence-electron chi connectivity index (χ2n) is 6.72. The summed E-state index contributed by atoms with van der Waals surface area (Å²) in [6, 6.07) is 7.55. The molecule has 2 aliphatic rings. The number of likely N-dealkylation sites (tertiary alicyclic amines) is 1. The van der Waals surface area contributed by atoms with E-state index in [2.05, 4.69) is 6.92 Å². The number of anilines is 1. The third kappa shape index (κ3) is 3.24. The Morgan fingerprint density at radius 2 is 2.17 bits per heavy atom. The van der Waals surface area contributed by atoms with Gasteiger partial charge in [0.05, 0.1) is 0 Å². The topological polar surface area (TPSA) is 66.6 Å². The molecule has 2 atom stereocenters. The van der Waals surface area contributed by atoms with Gasteiger partial charge in [-0.1, -0.05) is 13.0 Å². The zero-order valence-corrected chi connectivity index (χ0v) is 13.7. The number of amides is 2. The van der Waals surface area contributed by atoms with Gasteiger partial charge in [0.2, 0.25) is 5.91 Å². The van der Waals surface area contributed by atoms with E-state index in [-0.39, 0.29) is 17.9 Å². The average molecular weight is 315 g/mol. The van der Waals surface area contributed by atoms with Crippen molar-refractivity contribution in [1.82, 2.24) is 4.90 Å². The van der Waals surface area contributed by atoms with Crippen molar-refractivity contribution in [3.05, 3.63) is 29.8 Å². The van der Waals surface area contributed by atoms with Gasteiger partial charge in [-0.05, 0) is 43.4 Å². The van der Waals surface area contributed by atoms with Crippen molar-refractivity contribution in [3.8, 4) is 0 Å². The number of carbonyl (C=O) groups excluding carboxylic acids is 2. The Labute approximate surface area is 137 Å². The zero-order valence-electron chi connectivity index (χ0n) is 13.7. The quantitative estimate of drug-likeness (QED) is 0.928. The molecule has 2 saturated heterocycles. The van der Waals surface area contributed by atoms with Crippen LogP contribution < -0.4 is 10.6 Å². The van der Waals surface area contributed by atoms with Crippen molar-refractivity contribution in [2.24, 2.45) is 11.7 Å². The highest BCUT2D eigenvalue weighted by atomic mass is 16.2. The number of hydrogen-bond acceptors (Lipinski definition) is 3. The molecule has 0 bridgehead atoms. The third-order valence-electron chi connectivity index (χ3n) is 4.99. The Balaban J connectivity index is 1.80. The Kier molecular flexibility index (Phi) is 4.66. The molecule has 1 aromatic rings. The maximum absolute atomic E-state index is 12.9. The lowest BCUT2D eigenvalue weighted by Crippen LogP contribution is -2.49. The van der Waals surface area contributed by atoms with Crippen LogP contribution >= 0.6 is 0 Å². The van der Waals surface area contributed by atoms with Crippen molar-refractivity contribution in [2.75, 3.05) is 24.5 Å². The standard InChI is InChI=1S/C18H25N3O2/c1-13-7-9-21(16(10-13)12-19)18(23)14-4-2-5-15(11-14)20-8-3-6-17(20)22/h2,4-5,11,13,16H,3,6-10,12,19H2,1H3. The molecule has 23 heavy (non-hydrogen) atoms. The lowest BCUT2D eigenvalue weighted by Gasteiger charge is -2.38. The number of rotatable bonds is 3. The fourth-order valence-electron chi connectivity index (χ4n) is 3.64. The van der Waals surface area contributed by atoms with Gasteiger partial charge in [0, 0.05) is 43.3 Å². The molecule has 5 heteroatoms. The predicted octanol–water partition coefficient (Wildman–Crippen LogP) is 2.01.